The van der Waals surface area contributed by atoms with Gasteiger partial charge in [-0.15, -0.1) is 0 Å². The van der Waals surface area contributed by atoms with Crippen LogP contribution in [0.15, 0.2) is 63.6 Å². The Bertz CT molecular complexity index is 885. The van der Waals surface area contributed by atoms with E-state index in [1.54, 1.807) is 13.4 Å². The molecular formula is C17H12O3. The number of hydrogen-bond donors (Lipinski definition) is 0. The largest absolute Gasteiger partial charge is 0.496 e. The molecule has 0 aliphatic carbocycles. The van der Waals surface area contributed by atoms with Crippen LogP contribution in [0.5, 0.6) is 5.75 Å². The van der Waals surface area contributed by atoms with Crippen molar-refractivity contribution in [2.75, 3.05) is 7.11 Å². The van der Waals surface area contributed by atoms with Crippen molar-refractivity contribution >= 4 is 21.9 Å². The molecule has 0 bridgehead atoms. The minimum Gasteiger partial charge on any atom is -0.496 e. The smallest absolute Gasteiger partial charge is 0.137 e. The van der Waals surface area contributed by atoms with Crippen molar-refractivity contribution in [1.82, 2.24) is 0 Å². The van der Waals surface area contributed by atoms with Gasteiger partial charge in [0.25, 0.3) is 0 Å². The van der Waals surface area contributed by atoms with Crippen LogP contribution in [0.4, 0.5) is 0 Å². The van der Waals surface area contributed by atoms with Gasteiger partial charge >= 0.3 is 0 Å². The highest BCUT2D eigenvalue weighted by Crippen LogP contribution is 2.38. The van der Waals surface area contributed by atoms with Crippen LogP contribution in [-0.2, 0) is 0 Å². The third-order valence-corrected chi connectivity index (χ3v) is 3.49. The second-order valence-corrected chi connectivity index (χ2v) is 4.62. The molecule has 98 valence electrons. The Morgan fingerprint density at radius 3 is 2.60 bits per heavy atom. The maximum Gasteiger partial charge on any atom is 0.137 e. The first-order chi connectivity index (χ1) is 9.86. The second kappa shape index (κ2) is 4.17. The fourth-order valence-corrected chi connectivity index (χ4v) is 2.54. The topological polar surface area (TPSA) is 35.5 Å². The molecule has 4 aromatic rings. The van der Waals surface area contributed by atoms with E-state index < -0.39 is 0 Å². The summed E-state index contributed by atoms with van der Waals surface area (Å²) in [5, 5.41) is 2.14. The van der Waals surface area contributed by atoms with Crippen LogP contribution in [0.25, 0.3) is 33.3 Å². The van der Waals surface area contributed by atoms with Gasteiger partial charge in [-0.1, -0.05) is 18.2 Å². The normalized spacial score (nSPS) is 11.2. The van der Waals surface area contributed by atoms with E-state index >= 15 is 0 Å². The van der Waals surface area contributed by atoms with Crippen molar-refractivity contribution in [3.8, 4) is 17.1 Å². The van der Waals surface area contributed by atoms with Crippen LogP contribution in [0.2, 0.25) is 0 Å². The van der Waals surface area contributed by atoms with E-state index in [1.807, 2.05) is 48.5 Å². The summed E-state index contributed by atoms with van der Waals surface area (Å²) in [5.41, 5.74) is 2.60. The first-order valence-electron chi connectivity index (χ1n) is 6.40. The molecule has 2 heterocycles. The molecule has 0 radical (unpaired) electrons. The Labute approximate surface area is 115 Å². The van der Waals surface area contributed by atoms with Gasteiger partial charge in [-0.2, -0.15) is 0 Å². The highest BCUT2D eigenvalue weighted by atomic mass is 16.5. The molecule has 0 amide bonds. The molecule has 3 nitrogen and oxygen atoms in total. The summed E-state index contributed by atoms with van der Waals surface area (Å²) in [6.07, 6.45) is 1.65. The van der Waals surface area contributed by atoms with Crippen LogP contribution in [-0.4, -0.2) is 7.11 Å². The summed E-state index contributed by atoms with van der Waals surface area (Å²) in [7, 11) is 1.66. The van der Waals surface area contributed by atoms with Crippen LogP contribution < -0.4 is 4.74 Å². The summed E-state index contributed by atoms with van der Waals surface area (Å²) in [5.74, 6) is 1.54. The predicted octanol–water partition coefficient (Wildman–Crippen LogP) is 4.85. The van der Waals surface area contributed by atoms with Gasteiger partial charge in [0, 0.05) is 10.8 Å². The average Bonchev–Trinajstić information content (AvgIpc) is 3.13. The molecule has 0 atom stereocenters. The maximum absolute atomic E-state index is 5.89. The van der Waals surface area contributed by atoms with Crippen molar-refractivity contribution < 1.29 is 13.6 Å². The SMILES string of the molecule is COc1cc2c(cc1-c1ccco1)oc1ccccc12. The third kappa shape index (κ3) is 1.53. The molecule has 0 unspecified atom stereocenters. The molecule has 0 saturated carbocycles. The molecule has 2 aromatic carbocycles. The van der Waals surface area contributed by atoms with E-state index in [4.69, 9.17) is 13.6 Å². The van der Waals surface area contributed by atoms with Crippen molar-refractivity contribution in [1.29, 1.82) is 0 Å². The van der Waals surface area contributed by atoms with Gasteiger partial charge in [0.05, 0.1) is 18.9 Å². The molecule has 0 spiro atoms. The third-order valence-electron chi connectivity index (χ3n) is 3.49. The predicted molar refractivity (Wildman–Crippen MR) is 78.0 cm³/mol. The molecule has 0 saturated heterocycles. The second-order valence-electron chi connectivity index (χ2n) is 4.62. The van der Waals surface area contributed by atoms with Gasteiger partial charge in [-0.05, 0) is 30.3 Å². The van der Waals surface area contributed by atoms with E-state index in [-0.39, 0.29) is 0 Å². The monoisotopic (exact) mass is 264 g/mol. The lowest BCUT2D eigenvalue weighted by Crippen LogP contribution is -1.86. The highest BCUT2D eigenvalue weighted by Gasteiger charge is 2.14. The molecule has 0 aliphatic heterocycles. The number of para-hydroxylation sites is 1. The highest BCUT2D eigenvalue weighted by molar-refractivity contribution is 6.06. The van der Waals surface area contributed by atoms with Crippen LogP contribution in [0.1, 0.15) is 0 Å². The van der Waals surface area contributed by atoms with E-state index in [0.717, 1.165) is 39.0 Å². The zero-order valence-electron chi connectivity index (χ0n) is 10.9. The molecule has 20 heavy (non-hydrogen) atoms. The zero-order valence-corrected chi connectivity index (χ0v) is 10.9. The lowest BCUT2D eigenvalue weighted by atomic mass is 10.1. The number of rotatable bonds is 2. The Morgan fingerprint density at radius 1 is 0.900 bits per heavy atom. The van der Waals surface area contributed by atoms with E-state index in [9.17, 15) is 0 Å². The van der Waals surface area contributed by atoms with Gasteiger partial charge in [0.2, 0.25) is 0 Å². The van der Waals surface area contributed by atoms with Gasteiger partial charge in [0.15, 0.2) is 0 Å². The quantitative estimate of drug-likeness (QED) is 0.519. The Morgan fingerprint density at radius 2 is 1.80 bits per heavy atom. The minimum absolute atomic E-state index is 0.768. The number of fused-ring (bicyclic) bond motifs is 3. The Balaban J connectivity index is 2.08. The molecule has 0 aliphatic rings. The van der Waals surface area contributed by atoms with E-state index in [1.165, 1.54) is 0 Å². The average molecular weight is 264 g/mol. The number of benzene rings is 2. The molecule has 0 N–H and O–H groups in total. The molecular weight excluding hydrogens is 252 g/mol. The maximum atomic E-state index is 5.89. The van der Waals surface area contributed by atoms with Gasteiger partial charge in [-0.25, -0.2) is 0 Å². The van der Waals surface area contributed by atoms with Gasteiger partial charge in [-0.3, -0.25) is 0 Å². The van der Waals surface area contributed by atoms with E-state index in [2.05, 4.69) is 0 Å². The summed E-state index contributed by atoms with van der Waals surface area (Å²) in [4.78, 5) is 0. The zero-order chi connectivity index (χ0) is 13.5. The first-order valence-corrected chi connectivity index (χ1v) is 6.40. The molecule has 3 heteroatoms. The summed E-state index contributed by atoms with van der Waals surface area (Å²) in [6.45, 7) is 0. The first kappa shape index (κ1) is 11.2. The Kier molecular flexibility index (Phi) is 2.33. The number of hydrogen-bond acceptors (Lipinski definition) is 3. The molecule has 0 fully saturated rings. The van der Waals surface area contributed by atoms with Gasteiger partial charge < -0.3 is 13.6 Å². The van der Waals surface area contributed by atoms with Gasteiger partial charge in [0.1, 0.15) is 22.7 Å². The number of ether oxygens (including phenoxy) is 1. The van der Waals surface area contributed by atoms with E-state index in [0.29, 0.717) is 0 Å². The van der Waals surface area contributed by atoms with Crippen molar-refractivity contribution in [3.05, 3.63) is 54.8 Å². The summed E-state index contributed by atoms with van der Waals surface area (Å²) in [6, 6.07) is 15.7. The standard InChI is InChI=1S/C17H12O3/c1-18-16-9-12-11-5-2-3-6-15(11)20-17(12)10-13(16)14-7-4-8-19-14/h2-10H,1H3. The van der Waals surface area contributed by atoms with Crippen molar-refractivity contribution in [3.63, 3.8) is 0 Å². The van der Waals surface area contributed by atoms with Crippen LogP contribution >= 0.6 is 0 Å². The lowest BCUT2D eigenvalue weighted by Gasteiger charge is -2.06. The van der Waals surface area contributed by atoms with Crippen molar-refractivity contribution in [2.24, 2.45) is 0 Å². The summed E-state index contributed by atoms with van der Waals surface area (Å²) < 4.78 is 16.9. The minimum atomic E-state index is 0.768. The summed E-state index contributed by atoms with van der Waals surface area (Å²) >= 11 is 0. The van der Waals surface area contributed by atoms with Crippen LogP contribution in [0.3, 0.4) is 0 Å². The van der Waals surface area contributed by atoms with Crippen molar-refractivity contribution in [2.45, 2.75) is 0 Å². The molecule has 2 aromatic heterocycles. The molecule has 4 rings (SSSR count). The number of methoxy groups -OCH3 is 1. The lowest BCUT2D eigenvalue weighted by molar-refractivity contribution is 0.415. The fraction of sp³-hybridized carbons (Fsp3) is 0.0588. The Hall–Kier alpha value is -2.68. The van der Waals surface area contributed by atoms with Crippen LogP contribution in [0, 0.1) is 0 Å². The fourth-order valence-electron chi connectivity index (χ4n) is 2.54. The number of furan rings is 2.